The van der Waals surface area contributed by atoms with Crippen molar-refractivity contribution in [1.82, 2.24) is 0 Å². The Balaban J connectivity index is 2.01. The van der Waals surface area contributed by atoms with E-state index in [9.17, 15) is 4.79 Å². The number of carbonyl (C=O) groups is 1. The molecule has 0 aliphatic heterocycles. The second-order valence-electron chi connectivity index (χ2n) is 6.44. The number of ether oxygens (including phenoxy) is 3. The van der Waals surface area contributed by atoms with E-state index in [1.165, 1.54) is 21.3 Å². The molecule has 3 aromatic carbocycles. The van der Waals surface area contributed by atoms with Gasteiger partial charge in [0.1, 0.15) is 0 Å². The fraction of sp³-hybridized carbons (Fsp3) is 0.227. The van der Waals surface area contributed by atoms with Gasteiger partial charge in [0.2, 0.25) is 5.75 Å². The monoisotopic (exact) mass is 380 g/mol. The molecule has 0 aliphatic rings. The smallest absolute Gasteiger partial charge is 0.255 e. The van der Waals surface area contributed by atoms with E-state index in [-0.39, 0.29) is 5.91 Å². The fourth-order valence-corrected chi connectivity index (χ4v) is 3.19. The van der Waals surface area contributed by atoms with E-state index < -0.39 is 0 Å². The summed E-state index contributed by atoms with van der Waals surface area (Å²) < 4.78 is 16.0. The Morgan fingerprint density at radius 2 is 1.46 bits per heavy atom. The second kappa shape index (κ2) is 8.08. The van der Waals surface area contributed by atoms with Gasteiger partial charge in [0.05, 0.1) is 21.3 Å². The number of benzene rings is 3. The number of methoxy groups -OCH3 is 3. The molecule has 0 unspecified atom stereocenters. The molecule has 0 fully saturated rings. The maximum atomic E-state index is 12.9. The molecule has 3 rings (SSSR count). The fourth-order valence-electron chi connectivity index (χ4n) is 3.19. The molecule has 6 heteroatoms. The summed E-state index contributed by atoms with van der Waals surface area (Å²) in [4.78, 5) is 15.0. The molecule has 0 bridgehead atoms. The highest BCUT2D eigenvalue weighted by Gasteiger charge is 2.18. The number of nitrogens with zero attached hydrogens (tertiary/aromatic N) is 1. The Kier molecular flexibility index (Phi) is 5.59. The van der Waals surface area contributed by atoms with E-state index in [0.29, 0.717) is 22.8 Å². The number of anilines is 2. The van der Waals surface area contributed by atoms with Crippen LogP contribution in [-0.2, 0) is 0 Å². The van der Waals surface area contributed by atoms with Crippen LogP contribution in [0.1, 0.15) is 10.4 Å². The van der Waals surface area contributed by atoms with Crippen molar-refractivity contribution < 1.29 is 19.0 Å². The quantitative estimate of drug-likeness (QED) is 0.695. The molecule has 0 aliphatic carbocycles. The van der Waals surface area contributed by atoms with E-state index in [4.69, 9.17) is 14.2 Å². The minimum Gasteiger partial charge on any atom is -0.493 e. The first kappa shape index (κ1) is 19.4. The number of rotatable bonds is 6. The van der Waals surface area contributed by atoms with Gasteiger partial charge in [0, 0.05) is 41.8 Å². The predicted octanol–water partition coefficient (Wildman–Crippen LogP) is 4.18. The lowest BCUT2D eigenvalue weighted by molar-refractivity contribution is 0.102. The van der Waals surface area contributed by atoms with Crippen LogP contribution in [0.3, 0.4) is 0 Å². The van der Waals surface area contributed by atoms with Crippen LogP contribution in [0.25, 0.3) is 10.8 Å². The van der Waals surface area contributed by atoms with Gasteiger partial charge in [0.15, 0.2) is 11.5 Å². The third-order valence-corrected chi connectivity index (χ3v) is 4.56. The Hall–Kier alpha value is -3.41. The third-order valence-electron chi connectivity index (χ3n) is 4.56. The van der Waals surface area contributed by atoms with Crippen LogP contribution < -0.4 is 24.4 Å². The second-order valence-corrected chi connectivity index (χ2v) is 6.44. The van der Waals surface area contributed by atoms with Gasteiger partial charge in [-0.05, 0) is 24.3 Å². The Bertz CT molecular complexity index is 990. The van der Waals surface area contributed by atoms with E-state index in [1.807, 2.05) is 55.4 Å². The summed E-state index contributed by atoms with van der Waals surface area (Å²) in [7, 11) is 8.56. The molecule has 146 valence electrons. The van der Waals surface area contributed by atoms with Crippen LogP contribution in [0.5, 0.6) is 17.2 Å². The van der Waals surface area contributed by atoms with Gasteiger partial charge in [-0.15, -0.1) is 0 Å². The highest BCUT2D eigenvalue weighted by atomic mass is 16.5. The molecule has 3 aromatic rings. The summed E-state index contributed by atoms with van der Waals surface area (Å²) in [6.45, 7) is 0. The van der Waals surface area contributed by atoms with Crippen LogP contribution in [0, 0.1) is 0 Å². The molecule has 0 aromatic heterocycles. The lowest BCUT2D eigenvalue weighted by Crippen LogP contribution is -2.14. The summed E-state index contributed by atoms with van der Waals surface area (Å²) in [6.07, 6.45) is 0. The van der Waals surface area contributed by atoms with Crippen LogP contribution in [-0.4, -0.2) is 41.3 Å². The van der Waals surface area contributed by atoms with Crippen LogP contribution in [0.2, 0.25) is 0 Å². The Morgan fingerprint density at radius 1 is 0.857 bits per heavy atom. The lowest BCUT2D eigenvalue weighted by atomic mass is 10.1. The normalized spacial score (nSPS) is 10.5. The van der Waals surface area contributed by atoms with Gasteiger partial charge in [0.25, 0.3) is 5.91 Å². The standard InChI is InChI=1S/C22H24N2O4/c1-24(2)18-11-10-17(15-8-6-7-9-16(15)18)23-22(25)14-12-19(26-3)21(28-5)20(13-14)27-4/h6-13H,1-5H3,(H,23,25). The zero-order chi connectivity index (χ0) is 20.3. The Labute approximate surface area is 164 Å². The van der Waals surface area contributed by atoms with Crippen LogP contribution in [0.4, 0.5) is 11.4 Å². The zero-order valence-electron chi connectivity index (χ0n) is 16.7. The maximum Gasteiger partial charge on any atom is 0.255 e. The molecule has 0 radical (unpaired) electrons. The number of hydrogen-bond donors (Lipinski definition) is 1. The van der Waals surface area contributed by atoms with Crippen molar-refractivity contribution in [1.29, 1.82) is 0 Å². The Morgan fingerprint density at radius 3 is 2.00 bits per heavy atom. The first-order chi connectivity index (χ1) is 13.5. The first-order valence-electron chi connectivity index (χ1n) is 8.80. The lowest BCUT2D eigenvalue weighted by Gasteiger charge is -2.18. The zero-order valence-corrected chi connectivity index (χ0v) is 16.7. The van der Waals surface area contributed by atoms with Crippen molar-refractivity contribution in [2.75, 3.05) is 45.6 Å². The van der Waals surface area contributed by atoms with Gasteiger partial charge in [-0.25, -0.2) is 0 Å². The summed E-state index contributed by atoms with van der Waals surface area (Å²) in [6, 6.07) is 15.1. The summed E-state index contributed by atoms with van der Waals surface area (Å²) in [5, 5.41) is 5.03. The molecule has 0 saturated heterocycles. The molecule has 1 amide bonds. The first-order valence-corrected chi connectivity index (χ1v) is 8.80. The molecule has 0 heterocycles. The largest absolute Gasteiger partial charge is 0.493 e. The highest BCUT2D eigenvalue weighted by Crippen LogP contribution is 2.38. The van der Waals surface area contributed by atoms with Crippen molar-refractivity contribution in [2.45, 2.75) is 0 Å². The minimum atomic E-state index is -0.262. The van der Waals surface area contributed by atoms with Crippen LogP contribution in [0.15, 0.2) is 48.5 Å². The number of hydrogen-bond acceptors (Lipinski definition) is 5. The molecule has 0 atom stereocenters. The van der Waals surface area contributed by atoms with E-state index in [0.717, 1.165) is 22.1 Å². The minimum absolute atomic E-state index is 0.262. The van der Waals surface area contributed by atoms with Crippen molar-refractivity contribution in [3.8, 4) is 17.2 Å². The third kappa shape index (κ3) is 3.53. The van der Waals surface area contributed by atoms with Gasteiger partial charge in [-0.1, -0.05) is 24.3 Å². The van der Waals surface area contributed by atoms with E-state index in [1.54, 1.807) is 12.1 Å². The average Bonchev–Trinajstić information content (AvgIpc) is 2.72. The number of nitrogens with one attached hydrogen (secondary N) is 1. The number of fused-ring (bicyclic) bond motifs is 1. The van der Waals surface area contributed by atoms with Crippen molar-refractivity contribution in [3.05, 3.63) is 54.1 Å². The number of carbonyl (C=O) groups excluding carboxylic acids is 1. The topological polar surface area (TPSA) is 60.0 Å². The van der Waals surface area contributed by atoms with Gasteiger partial charge >= 0.3 is 0 Å². The molecular weight excluding hydrogens is 356 g/mol. The SMILES string of the molecule is COc1cc(C(=O)Nc2ccc(N(C)C)c3ccccc23)cc(OC)c1OC. The molecule has 0 spiro atoms. The van der Waals surface area contributed by atoms with E-state index >= 15 is 0 Å². The van der Waals surface area contributed by atoms with Gasteiger partial charge < -0.3 is 24.4 Å². The molecule has 6 nitrogen and oxygen atoms in total. The predicted molar refractivity (Wildman–Crippen MR) is 112 cm³/mol. The average molecular weight is 380 g/mol. The molecule has 28 heavy (non-hydrogen) atoms. The summed E-state index contributed by atoms with van der Waals surface area (Å²) in [5.41, 5.74) is 2.23. The summed E-state index contributed by atoms with van der Waals surface area (Å²) >= 11 is 0. The van der Waals surface area contributed by atoms with Crippen LogP contribution >= 0.6 is 0 Å². The van der Waals surface area contributed by atoms with Gasteiger partial charge in [-0.3, -0.25) is 4.79 Å². The van der Waals surface area contributed by atoms with Crippen molar-refractivity contribution in [3.63, 3.8) is 0 Å². The van der Waals surface area contributed by atoms with Crippen molar-refractivity contribution >= 4 is 28.1 Å². The van der Waals surface area contributed by atoms with Crippen molar-refractivity contribution in [2.24, 2.45) is 0 Å². The van der Waals surface area contributed by atoms with Gasteiger partial charge in [-0.2, -0.15) is 0 Å². The molecule has 0 saturated carbocycles. The number of amides is 1. The maximum absolute atomic E-state index is 12.9. The van der Waals surface area contributed by atoms with E-state index in [2.05, 4.69) is 5.32 Å². The molecule has 1 N–H and O–H groups in total. The molecular formula is C22H24N2O4. The highest BCUT2D eigenvalue weighted by molar-refractivity contribution is 6.11. The summed E-state index contributed by atoms with van der Waals surface area (Å²) in [5.74, 6) is 1.05.